The summed E-state index contributed by atoms with van der Waals surface area (Å²) in [5, 5.41) is 2.48. The summed E-state index contributed by atoms with van der Waals surface area (Å²) in [4.78, 5) is 12.2. The van der Waals surface area contributed by atoms with Gasteiger partial charge in [-0.05, 0) is 42.5 Å². The summed E-state index contributed by atoms with van der Waals surface area (Å²) >= 11 is 0. The Labute approximate surface area is 175 Å². The van der Waals surface area contributed by atoms with Crippen molar-refractivity contribution in [3.8, 4) is 5.75 Å². The Morgan fingerprint density at radius 2 is 1.68 bits per heavy atom. The number of rotatable bonds is 8. The average Bonchev–Trinajstić information content (AvgIpc) is 3.24. The van der Waals surface area contributed by atoms with E-state index in [0.717, 1.165) is 6.07 Å². The molecule has 11 heteroatoms. The summed E-state index contributed by atoms with van der Waals surface area (Å²) in [6.45, 7) is -0.243. The van der Waals surface area contributed by atoms with Crippen LogP contribution < -0.4 is 14.8 Å². The number of carbonyl (C=O) groups excluding carboxylic acids is 1. The van der Waals surface area contributed by atoms with Crippen molar-refractivity contribution in [1.82, 2.24) is 10.0 Å². The Balaban J connectivity index is 1.62. The lowest BCUT2D eigenvalue weighted by Crippen LogP contribution is -2.25. The van der Waals surface area contributed by atoms with Gasteiger partial charge in [0.25, 0.3) is 5.91 Å². The van der Waals surface area contributed by atoms with Gasteiger partial charge in [0.1, 0.15) is 11.5 Å². The number of carbonyl (C=O) groups is 1. The lowest BCUT2D eigenvalue weighted by molar-refractivity contribution is -0.274. The normalized spacial score (nSPS) is 11.8. The van der Waals surface area contributed by atoms with Crippen LogP contribution in [0.25, 0.3) is 0 Å². The second-order valence-electron chi connectivity index (χ2n) is 6.27. The predicted octanol–water partition coefficient (Wildman–Crippen LogP) is 3.59. The van der Waals surface area contributed by atoms with Crippen LogP contribution >= 0.6 is 0 Å². The standard InChI is InChI=1S/C20H17F3N2O5S/c21-20(22,23)30-18-6-2-1-4-15(18)12-24-19(26)14-7-9-17(10-8-14)31(27,28)25-13-16-5-3-11-29-16/h1-11,25H,12-13H2,(H,24,26). The SMILES string of the molecule is O=C(NCc1ccccc1OC(F)(F)F)c1ccc(S(=O)(=O)NCc2ccco2)cc1. The number of para-hydroxylation sites is 1. The van der Waals surface area contributed by atoms with Gasteiger partial charge in [0.05, 0.1) is 17.7 Å². The minimum Gasteiger partial charge on any atom is -0.468 e. The number of ether oxygens (including phenoxy) is 1. The highest BCUT2D eigenvalue weighted by atomic mass is 32.2. The maximum atomic E-state index is 12.5. The number of nitrogens with one attached hydrogen (secondary N) is 2. The van der Waals surface area contributed by atoms with Crippen molar-refractivity contribution in [2.45, 2.75) is 24.3 Å². The molecule has 0 saturated heterocycles. The van der Waals surface area contributed by atoms with E-state index in [4.69, 9.17) is 4.42 Å². The zero-order chi connectivity index (χ0) is 22.5. The number of alkyl halides is 3. The summed E-state index contributed by atoms with van der Waals surface area (Å²) < 4.78 is 73.5. The van der Waals surface area contributed by atoms with E-state index in [0.29, 0.717) is 5.76 Å². The van der Waals surface area contributed by atoms with E-state index in [9.17, 15) is 26.4 Å². The maximum absolute atomic E-state index is 12.5. The van der Waals surface area contributed by atoms with Crippen LogP contribution in [0.5, 0.6) is 5.75 Å². The van der Waals surface area contributed by atoms with Crippen molar-refractivity contribution in [2.75, 3.05) is 0 Å². The van der Waals surface area contributed by atoms with Crippen molar-refractivity contribution in [1.29, 1.82) is 0 Å². The second kappa shape index (κ2) is 9.23. The van der Waals surface area contributed by atoms with Gasteiger partial charge in [0.15, 0.2) is 0 Å². The molecule has 164 valence electrons. The maximum Gasteiger partial charge on any atom is 0.573 e. The highest BCUT2D eigenvalue weighted by molar-refractivity contribution is 7.89. The zero-order valence-electron chi connectivity index (χ0n) is 15.8. The van der Waals surface area contributed by atoms with Gasteiger partial charge < -0.3 is 14.5 Å². The zero-order valence-corrected chi connectivity index (χ0v) is 16.7. The summed E-state index contributed by atoms with van der Waals surface area (Å²) in [6.07, 6.45) is -3.43. The summed E-state index contributed by atoms with van der Waals surface area (Å²) in [5.41, 5.74) is 0.272. The van der Waals surface area contributed by atoms with E-state index in [2.05, 4.69) is 14.8 Å². The molecule has 2 aromatic carbocycles. The van der Waals surface area contributed by atoms with Crippen molar-refractivity contribution in [3.05, 3.63) is 83.8 Å². The van der Waals surface area contributed by atoms with E-state index in [1.165, 1.54) is 48.7 Å². The molecule has 0 spiro atoms. The second-order valence-corrected chi connectivity index (χ2v) is 8.03. The summed E-state index contributed by atoms with van der Waals surface area (Å²) in [5.74, 6) is -0.567. The van der Waals surface area contributed by atoms with Gasteiger partial charge in [-0.2, -0.15) is 0 Å². The molecule has 0 unspecified atom stereocenters. The quantitative estimate of drug-likeness (QED) is 0.542. The molecule has 0 saturated carbocycles. The molecule has 1 amide bonds. The Bertz CT molecular complexity index is 1130. The number of amides is 1. The Morgan fingerprint density at radius 1 is 0.968 bits per heavy atom. The lowest BCUT2D eigenvalue weighted by atomic mass is 10.2. The third-order valence-electron chi connectivity index (χ3n) is 4.08. The monoisotopic (exact) mass is 454 g/mol. The van der Waals surface area contributed by atoms with Crippen LogP contribution in [0.4, 0.5) is 13.2 Å². The molecular weight excluding hydrogens is 437 g/mol. The van der Waals surface area contributed by atoms with E-state index in [1.807, 2.05) is 0 Å². The third-order valence-corrected chi connectivity index (χ3v) is 5.50. The fourth-order valence-electron chi connectivity index (χ4n) is 2.60. The highest BCUT2D eigenvalue weighted by Gasteiger charge is 2.32. The molecule has 1 heterocycles. The number of benzene rings is 2. The van der Waals surface area contributed by atoms with Crippen LogP contribution in [-0.2, 0) is 23.1 Å². The molecule has 0 aliphatic carbocycles. The highest BCUT2D eigenvalue weighted by Crippen LogP contribution is 2.26. The van der Waals surface area contributed by atoms with Gasteiger partial charge in [-0.15, -0.1) is 13.2 Å². The van der Waals surface area contributed by atoms with Crippen LogP contribution in [0, 0.1) is 0 Å². The fraction of sp³-hybridized carbons (Fsp3) is 0.150. The Kier molecular flexibility index (Phi) is 6.66. The molecule has 0 atom stereocenters. The molecule has 3 aromatic rings. The minimum atomic E-state index is -4.85. The first-order valence-electron chi connectivity index (χ1n) is 8.88. The molecule has 7 nitrogen and oxygen atoms in total. The first-order valence-corrected chi connectivity index (χ1v) is 10.4. The average molecular weight is 454 g/mol. The van der Waals surface area contributed by atoms with Gasteiger partial charge >= 0.3 is 6.36 Å². The van der Waals surface area contributed by atoms with E-state index < -0.39 is 28.0 Å². The molecule has 0 bridgehead atoms. The van der Waals surface area contributed by atoms with Crippen LogP contribution in [0.15, 0.2) is 76.2 Å². The number of hydrogen-bond acceptors (Lipinski definition) is 5. The smallest absolute Gasteiger partial charge is 0.468 e. The number of sulfonamides is 1. The van der Waals surface area contributed by atoms with Crippen molar-refractivity contribution in [3.63, 3.8) is 0 Å². The van der Waals surface area contributed by atoms with Gasteiger partial charge in [0, 0.05) is 17.7 Å². The molecule has 0 aliphatic rings. The van der Waals surface area contributed by atoms with Crippen molar-refractivity contribution in [2.24, 2.45) is 0 Å². The molecule has 0 radical (unpaired) electrons. The first kappa shape index (κ1) is 22.4. The third kappa shape index (κ3) is 6.33. The fourth-order valence-corrected chi connectivity index (χ4v) is 3.59. The first-order chi connectivity index (χ1) is 14.6. The Hall–Kier alpha value is -3.31. The number of halogens is 3. The topological polar surface area (TPSA) is 97.6 Å². The van der Waals surface area contributed by atoms with Gasteiger partial charge in [-0.25, -0.2) is 13.1 Å². The van der Waals surface area contributed by atoms with Gasteiger partial charge in [-0.3, -0.25) is 4.79 Å². The van der Waals surface area contributed by atoms with Crippen LogP contribution in [-0.4, -0.2) is 20.7 Å². The van der Waals surface area contributed by atoms with E-state index in [1.54, 1.807) is 12.1 Å². The molecule has 0 aliphatic heterocycles. The van der Waals surface area contributed by atoms with Crippen LogP contribution in [0.1, 0.15) is 21.7 Å². The van der Waals surface area contributed by atoms with Crippen molar-refractivity contribution < 1.29 is 35.5 Å². The van der Waals surface area contributed by atoms with Crippen LogP contribution in [0.3, 0.4) is 0 Å². The van der Waals surface area contributed by atoms with Gasteiger partial charge in [0.2, 0.25) is 10.0 Å². The van der Waals surface area contributed by atoms with Gasteiger partial charge in [-0.1, -0.05) is 18.2 Å². The lowest BCUT2D eigenvalue weighted by Gasteiger charge is -2.13. The molecule has 31 heavy (non-hydrogen) atoms. The largest absolute Gasteiger partial charge is 0.573 e. The molecule has 0 fully saturated rings. The molecule has 3 rings (SSSR count). The van der Waals surface area contributed by atoms with Crippen LogP contribution in [0.2, 0.25) is 0 Å². The molecule has 2 N–H and O–H groups in total. The van der Waals surface area contributed by atoms with Crippen molar-refractivity contribution >= 4 is 15.9 Å². The summed E-state index contributed by atoms with van der Waals surface area (Å²) in [6, 6.07) is 13.8. The van der Waals surface area contributed by atoms with E-state index in [-0.39, 0.29) is 29.1 Å². The Morgan fingerprint density at radius 3 is 2.32 bits per heavy atom. The molecule has 1 aromatic heterocycles. The summed E-state index contributed by atoms with van der Waals surface area (Å²) in [7, 11) is -3.82. The number of hydrogen-bond donors (Lipinski definition) is 2. The number of furan rings is 1. The van der Waals surface area contributed by atoms with E-state index >= 15 is 0 Å². The predicted molar refractivity (Wildman–Crippen MR) is 103 cm³/mol. The minimum absolute atomic E-state index is 0.0308. The molecular formula is C20H17F3N2O5S.